The minimum Gasteiger partial charge on any atom is -0.490 e. The van der Waals surface area contributed by atoms with Crippen LogP contribution in [0.15, 0.2) is 42.6 Å². The average Bonchev–Trinajstić information content (AvgIpc) is 2.65. The van der Waals surface area contributed by atoms with Gasteiger partial charge in [0.05, 0.1) is 6.61 Å². The van der Waals surface area contributed by atoms with E-state index in [1.165, 1.54) is 0 Å². The number of carbonyl (C=O) groups excluding carboxylic acids is 1. The van der Waals surface area contributed by atoms with Gasteiger partial charge in [0.2, 0.25) is 11.8 Å². The number of aromatic nitrogens is 1. The molecule has 156 valence electrons. The van der Waals surface area contributed by atoms with E-state index in [9.17, 15) is 4.79 Å². The zero-order valence-electron chi connectivity index (χ0n) is 16.2. The van der Waals surface area contributed by atoms with E-state index in [-0.39, 0.29) is 36.8 Å². The Morgan fingerprint density at radius 2 is 1.89 bits per heavy atom. The second-order valence-electron chi connectivity index (χ2n) is 6.16. The van der Waals surface area contributed by atoms with E-state index in [0.717, 1.165) is 12.0 Å². The molecule has 0 saturated carbocycles. The fourth-order valence-corrected chi connectivity index (χ4v) is 2.26. The molecule has 2 rings (SSSR count). The fourth-order valence-electron chi connectivity index (χ4n) is 2.26. The van der Waals surface area contributed by atoms with Crippen molar-refractivity contribution in [2.24, 2.45) is 5.73 Å². The van der Waals surface area contributed by atoms with E-state index in [4.69, 9.17) is 15.2 Å². The number of pyridine rings is 1. The number of halogens is 2. The van der Waals surface area contributed by atoms with Gasteiger partial charge in [-0.05, 0) is 38.0 Å². The van der Waals surface area contributed by atoms with E-state index in [0.29, 0.717) is 43.4 Å². The molecule has 0 bridgehead atoms. The van der Waals surface area contributed by atoms with Crippen molar-refractivity contribution in [2.75, 3.05) is 6.61 Å². The zero-order chi connectivity index (χ0) is 18.8. The maximum Gasteiger partial charge on any atom is 0.224 e. The summed E-state index contributed by atoms with van der Waals surface area (Å²) in [5, 5.41) is 2.88. The first-order valence-corrected chi connectivity index (χ1v) is 8.96. The standard InChI is InChI=1S/C20H27N3O3.2ClH/c1-3-13-25-17-8-4-5-9-18(17)26-20-16(7-6-12-22-20)14-23-19(24)11-10-15(2)21;;/h4-9,12,15H,3,10-11,13-14,21H2,1-2H3,(H,23,24);2*1H. The molecule has 1 aromatic carbocycles. The van der Waals surface area contributed by atoms with Crippen LogP contribution in [-0.4, -0.2) is 23.5 Å². The molecule has 1 heterocycles. The van der Waals surface area contributed by atoms with Gasteiger partial charge in [0.25, 0.3) is 0 Å². The molecule has 6 nitrogen and oxygen atoms in total. The number of hydrogen-bond donors (Lipinski definition) is 2. The van der Waals surface area contributed by atoms with Crippen LogP contribution in [0.4, 0.5) is 0 Å². The minimum absolute atomic E-state index is 0. The molecule has 1 unspecified atom stereocenters. The van der Waals surface area contributed by atoms with Crippen LogP contribution in [-0.2, 0) is 11.3 Å². The molecular formula is C20H29Cl2N3O3. The molecule has 3 N–H and O–H groups in total. The summed E-state index contributed by atoms with van der Waals surface area (Å²) in [7, 11) is 0. The van der Waals surface area contributed by atoms with Crippen LogP contribution in [0.1, 0.15) is 38.7 Å². The Labute approximate surface area is 179 Å². The summed E-state index contributed by atoms with van der Waals surface area (Å²) in [5.41, 5.74) is 6.48. The average molecular weight is 430 g/mol. The molecule has 8 heteroatoms. The highest BCUT2D eigenvalue weighted by molar-refractivity contribution is 5.85. The van der Waals surface area contributed by atoms with Crippen molar-refractivity contribution >= 4 is 30.7 Å². The largest absolute Gasteiger partial charge is 0.490 e. The van der Waals surface area contributed by atoms with Gasteiger partial charge in [-0.25, -0.2) is 4.98 Å². The second kappa shape index (κ2) is 14.0. The Morgan fingerprint density at radius 3 is 2.57 bits per heavy atom. The number of para-hydroxylation sites is 2. The van der Waals surface area contributed by atoms with Crippen molar-refractivity contribution < 1.29 is 14.3 Å². The van der Waals surface area contributed by atoms with Crippen LogP contribution in [0.25, 0.3) is 0 Å². The monoisotopic (exact) mass is 429 g/mol. The summed E-state index contributed by atoms with van der Waals surface area (Å²) in [6.07, 6.45) is 3.63. The number of rotatable bonds is 10. The highest BCUT2D eigenvalue weighted by Crippen LogP contribution is 2.31. The van der Waals surface area contributed by atoms with Crippen molar-refractivity contribution in [2.45, 2.75) is 45.7 Å². The van der Waals surface area contributed by atoms with E-state index in [1.54, 1.807) is 6.20 Å². The van der Waals surface area contributed by atoms with Gasteiger partial charge in [-0.2, -0.15) is 0 Å². The highest BCUT2D eigenvalue weighted by Gasteiger charge is 2.11. The fraction of sp³-hybridized carbons (Fsp3) is 0.400. The van der Waals surface area contributed by atoms with Crippen LogP contribution in [0.2, 0.25) is 0 Å². The maximum absolute atomic E-state index is 11.9. The lowest BCUT2D eigenvalue weighted by molar-refractivity contribution is -0.121. The Hall–Kier alpha value is -2.02. The molecule has 0 aliphatic heterocycles. The van der Waals surface area contributed by atoms with Crippen molar-refractivity contribution in [3.63, 3.8) is 0 Å². The third-order valence-electron chi connectivity index (χ3n) is 3.67. The highest BCUT2D eigenvalue weighted by atomic mass is 35.5. The Bertz CT molecular complexity index is 715. The predicted octanol–water partition coefficient (Wildman–Crippen LogP) is 4.25. The SMILES string of the molecule is CCCOc1ccccc1Oc1ncccc1CNC(=O)CCC(C)N.Cl.Cl. The molecule has 1 amide bonds. The molecule has 1 atom stereocenters. The molecule has 0 radical (unpaired) electrons. The lowest BCUT2D eigenvalue weighted by Gasteiger charge is -2.14. The number of nitrogens with one attached hydrogen (secondary N) is 1. The van der Waals surface area contributed by atoms with Crippen molar-refractivity contribution in [1.82, 2.24) is 10.3 Å². The number of carbonyl (C=O) groups is 1. The van der Waals surface area contributed by atoms with Gasteiger partial charge in [-0.15, -0.1) is 24.8 Å². The summed E-state index contributed by atoms with van der Waals surface area (Å²) >= 11 is 0. The van der Waals surface area contributed by atoms with Crippen LogP contribution >= 0.6 is 24.8 Å². The maximum atomic E-state index is 11.9. The molecule has 28 heavy (non-hydrogen) atoms. The molecule has 2 aromatic rings. The third-order valence-corrected chi connectivity index (χ3v) is 3.67. The van der Waals surface area contributed by atoms with Gasteiger partial charge >= 0.3 is 0 Å². The van der Waals surface area contributed by atoms with Crippen LogP contribution < -0.4 is 20.5 Å². The summed E-state index contributed by atoms with van der Waals surface area (Å²) in [5.74, 6) is 1.69. The van der Waals surface area contributed by atoms with Crippen LogP contribution in [0, 0.1) is 0 Å². The third kappa shape index (κ3) is 8.78. The van der Waals surface area contributed by atoms with E-state index in [1.807, 2.05) is 43.3 Å². The van der Waals surface area contributed by atoms with Crippen molar-refractivity contribution in [1.29, 1.82) is 0 Å². The molecule has 0 fully saturated rings. The van der Waals surface area contributed by atoms with Crippen LogP contribution in [0.3, 0.4) is 0 Å². The number of nitrogens with two attached hydrogens (primary N) is 1. The Kier molecular flexibility index (Phi) is 13.0. The lowest BCUT2D eigenvalue weighted by atomic mass is 10.2. The van der Waals surface area contributed by atoms with Gasteiger partial charge < -0.3 is 20.5 Å². The summed E-state index contributed by atoms with van der Waals surface area (Å²) in [6.45, 7) is 4.90. The number of nitrogens with zero attached hydrogens (tertiary/aromatic N) is 1. The van der Waals surface area contributed by atoms with Gasteiger partial charge in [-0.1, -0.05) is 25.1 Å². The predicted molar refractivity (Wildman–Crippen MR) is 116 cm³/mol. The second-order valence-corrected chi connectivity index (χ2v) is 6.16. The summed E-state index contributed by atoms with van der Waals surface area (Å²) in [6, 6.07) is 11.2. The van der Waals surface area contributed by atoms with Gasteiger partial charge in [0, 0.05) is 30.8 Å². The number of benzene rings is 1. The lowest BCUT2D eigenvalue weighted by Crippen LogP contribution is -2.25. The first-order chi connectivity index (χ1) is 12.6. The Morgan fingerprint density at radius 1 is 1.18 bits per heavy atom. The first kappa shape index (κ1) is 26.0. The zero-order valence-corrected chi connectivity index (χ0v) is 17.9. The normalized spacial score (nSPS) is 10.8. The molecular weight excluding hydrogens is 401 g/mol. The smallest absolute Gasteiger partial charge is 0.224 e. The topological polar surface area (TPSA) is 86.5 Å². The molecule has 0 saturated heterocycles. The summed E-state index contributed by atoms with van der Waals surface area (Å²) < 4.78 is 11.7. The van der Waals surface area contributed by atoms with Gasteiger partial charge in [0.15, 0.2) is 11.5 Å². The Balaban J connectivity index is 0.00000364. The van der Waals surface area contributed by atoms with E-state index < -0.39 is 0 Å². The molecule has 0 aliphatic carbocycles. The van der Waals surface area contributed by atoms with E-state index >= 15 is 0 Å². The summed E-state index contributed by atoms with van der Waals surface area (Å²) in [4.78, 5) is 16.2. The van der Waals surface area contributed by atoms with Gasteiger partial charge in [0.1, 0.15) is 0 Å². The molecule has 0 aliphatic rings. The minimum atomic E-state index is -0.0382. The van der Waals surface area contributed by atoms with Crippen LogP contribution in [0.5, 0.6) is 17.4 Å². The van der Waals surface area contributed by atoms with Gasteiger partial charge in [-0.3, -0.25) is 4.79 Å². The van der Waals surface area contributed by atoms with Crippen molar-refractivity contribution in [3.05, 3.63) is 48.2 Å². The number of amides is 1. The quantitative estimate of drug-likeness (QED) is 0.589. The first-order valence-electron chi connectivity index (χ1n) is 8.96. The molecule has 0 spiro atoms. The van der Waals surface area contributed by atoms with Crippen molar-refractivity contribution in [3.8, 4) is 17.4 Å². The van der Waals surface area contributed by atoms with E-state index in [2.05, 4.69) is 17.2 Å². The number of hydrogen-bond acceptors (Lipinski definition) is 5. The number of ether oxygens (including phenoxy) is 2. The molecule has 1 aromatic heterocycles.